The maximum Gasteiger partial charge on any atom is 0.329 e. The second kappa shape index (κ2) is 8.76. The molecule has 2 N–H and O–H groups in total. The van der Waals surface area contributed by atoms with Gasteiger partial charge in [-0.05, 0) is 42.5 Å². The van der Waals surface area contributed by atoms with Crippen molar-refractivity contribution in [3.8, 4) is 11.4 Å². The minimum Gasteiger partial charge on any atom is -0.495 e. The van der Waals surface area contributed by atoms with Gasteiger partial charge in [0.05, 0.1) is 18.5 Å². The molecule has 0 unspecified atom stereocenters. The summed E-state index contributed by atoms with van der Waals surface area (Å²) in [6.07, 6.45) is 3.08. The maximum absolute atomic E-state index is 14.2. The van der Waals surface area contributed by atoms with E-state index in [1.54, 1.807) is 65.4 Å². The van der Waals surface area contributed by atoms with E-state index in [9.17, 15) is 18.8 Å². The van der Waals surface area contributed by atoms with E-state index in [0.717, 1.165) is 4.90 Å². The van der Waals surface area contributed by atoms with Crippen LogP contribution in [-0.4, -0.2) is 41.0 Å². The van der Waals surface area contributed by atoms with Gasteiger partial charge in [0.1, 0.15) is 23.8 Å². The van der Waals surface area contributed by atoms with Crippen LogP contribution in [0.5, 0.6) is 5.75 Å². The van der Waals surface area contributed by atoms with Crippen molar-refractivity contribution in [3.05, 3.63) is 84.1 Å². The van der Waals surface area contributed by atoms with Gasteiger partial charge in [-0.1, -0.05) is 24.3 Å². The Bertz CT molecular complexity index is 1230. The zero-order valence-electron chi connectivity index (χ0n) is 17.0. The molecular weight excluding hydrogens is 415 g/mol. The molecule has 4 amide bonds. The Morgan fingerprint density at radius 3 is 2.62 bits per heavy atom. The normalized spacial score (nSPS) is 14.6. The minimum absolute atomic E-state index is 0.0172. The number of carbonyl (C=O) groups excluding carboxylic acids is 3. The van der Waals surface area contributed by atoms with Gasteiger partial charge in [-0.3, -0.25) is 9.59 Å². The van der Waals surface area contributed by atoms with Crippen LogP contribution in [0.1, 0.15) is 5.69 Å². The predicted octanol–water partition coefficient (Wildman–Crippen LogP) is 3.16. The molecule has 4 rings (SSSR count). The largest absolute Gasteiger partial charge is 0.495 e. The van der Waals surface area contributed by atoms with Gasteiger partial charge in [0.2, 0.25) is 5.91 Å². The van der Waals surface area contributed by atoms with E-state index in [1.165, 1.54) is 19.3 Å². The van der Waals surface area contributed by atoms with Crippen LogP contribution in [0.3, 0.4) is 0 Å². The van der Waals surface area contributed by atoms with Gasteiger partial charge in [0, 0.05) is 11.9 Å². The Morgan fingerprint density at radius 1 is 1.09 bits per heavy atom. The number of carbonyl (C=O) groups is 3. The van der Waals surface area contributed by atoms with Crippen LogP contribution in [0.15, 0.2) is 72.6 Å². The lowest BCUT2D eigenvalue weighted by atomic mass is 10.2. The Labute approximate surface area is 182 Å². The Morgan fingerprint density at radius 2 is 1.84 bits per heavy atom. The zero-order chi connectivity index (χ0) is 22.7. The second-order valence-corrected chi connectivity index (χ2v) is 6.88. The molecule has 1 fully saturated rings. The summed E-state index contributed by atoms with van der Waals surface area (Å²) in [5.41, 5.74) is 1.19. The summed E-state index contributed by atoms with van der Waals surface area (Å²) in [4.78, 5) is 38.3. The number of ether oxygens (including phenoxy) is 1. The Balaban J connectivity index is 1.52. The standard InChI is InChI=1S/C23H19FN4O4/c1-32-20-11-5-3-9-17(20)25-21(29)14-28-22(30)18(26-23(28)31)13-15-7-6-12-27(15)19-10-4-2-8-16(19)24/h2-13H,14H2,1H3,(H,25,29)(H,26,31)/b18-13-. The summed E-state index contributed by atoms with van der Waals surface area (Å²) in [6, 6.07) is 15.6. The van der Waals surface area contributed by atoms with Crippen molar-refractivity contribution in [3.63, 3.8) is 0 Å². The number of aromatic nitrogens is 1. The fraction of sp³-hybridized carbons (Fsp3) is 0.0870. The lowest BCUT2D eigenvalue weighted by molar-refractivity contribution is -0.127. The predicted molar refractivity (Wildman–Crippen MR) is 116 cm³/mol. The molecule has 1 aromatic heterocycles. The van der Waals surface area contributed by atoms with Crippen molar-refractivity contribution in [2.75, 3.05) is 19.0 Å². The number of urea groups is 1. The number of benzene rings is 2. The van der Waals surface area contributed by atoms with Crippen LogP contribution < -0.4 is 15.4 Å². The molecule has 1 aliphatic rings. The summed E-state index contributed by atoms with van der Waals surface area (Å²) in [5.74, 6) is -1.20. The summed E-state index contributed by atoms with van der Waals surface area (Å²) < 4.78 is 20.9. The zero-order valence-corrected chi connectivity index (χ0v) is 17.0. The first-order valence-electron chi connectivity index (χ1n) is 9.67. The molecule has 0 bridgehead atoms. The third-order valence-electron chi connectivity index (χ3n) is 4.83. The molecule has 162 valence electrons. The first-order chi connectivity index (χ1) is 15.5. The number of imide groups is 1. The van der Waals surface area contributed by atoms with Crippen molar-refractivity contribution in [2.45, 2.75) is 0 Å². The summed E-state index contributed by atoms with van der Waals surface area (Å²) in [6.45, 7) is -0.478. The highest BCUT2D eigenvalue weighted by molar-refractivity contribution is 6.16. The fourth-order valence-corrected chi connectivity index (χ4v) is 3.32. The highest BCUT2D eigenvalue weighted by Crippen LogP contribution is 2.23. The number of hydrogen-bond acceptors (Lipinski definition) is 4. The van der Waals surface area contributed by atoms with E-state index in [-0.39, 0.29) is 5.70 Å². The van der Waals surface area contributed by atoms with Gasteiger partial charge in [-0.15, -0.1) is 0 Å². The van der Waals surface area contributed by atoms with Gasteiger partial charge in [-0.25, -0.2) is 14.1 Å². The highest BCUT2D eigenvalue weighted by Gasteiger charge is 2.35. The molecule has 0 radical (unpaired) electrons. The molecule has 0 saturated carbocycles. The van der Waals surface area contributed by atoms with E-state index in [1.807, 2.05) is 0 Å². The van der Waals surface area contributed by atoms with Crippen molar-refractivity contribution >= 4 is 29.6 Å². The molecule has 2 heterocycles. The summed E-state index contributed by atoms with van der Waals surface area (Å²) in [7, 11) is 1.47. The van der Waals surface area contributed by atoms with E-state index >= 15 is 0 Å². The number of hydrogen-bond donors (Lipinski definition) is 2. The number of nitrogens with one attached hydrogen (secondary N) is 2. The number of nitrogens with zero attached hydrogens (tertiary/aromatic N) is 2. The molecule has 9 heteroatoms. The molecule has 8 nitrogen and oxygen atoms in total. The third-order valence-corrected chi connectivity index (χ3v) is 4.83. The Kier molecular flexibility index (Phi) is 5.71. The van der Waals surface area contributed by atoms with Gasteiger partial charge in [-0.2, -0.15) is 0 Å². The maximum atomic E-state index is 14.2. The van der Waals surface area contributed by atoms with Crippen LogP contribution >= 0.6 is 0 Å². The van der Waals surface area contributed by atoms with E-state index in [0.29, 0.717) is 22.8 Å². The molecule has 0 aliphatic carbocycles. The monoisotopic (exact) mass is 434 g/mol. The van der Waals surface area contributed by atoms with Crippen molar-refractivity contribution < 1.29 is 23.5 Å². The molecule has 0 atom stereocenters. The quantitative estimate of drug-likeness (QED) is 0.461. The highest BCUT2D eigenvalue weighted by atomic mass is 19.1. The van der Waals surface area contributed by atoms with Gasteiger partial charge < -0.3 is 19.9 Å². The molecular formula is C23H19FN4O4. The number of anilines is 1. The number of halogens is 1. The summed E-state index contributed by atoms with van der Waals surface area (Å²) >= 11 is 0. The lowest BCUT2D eigenvalue weighted by Crippen LogP contribution is -2.38. The number of amides is 4. The van der Waals surface area contributed by atoms with Crippen molar-refractivity contribution in [2.24, 2.45) is 0 Å². The van der Waals surface area contributed by atoms with E-state index < -0.39 is 30.2 Å². The second-order valence-electron chi connectivity index (χ2n) is 6.88. The number of methoxy groups -OCH3 is 1. The summed E-state index contributed by atoms with van der Waals surface area (Å²) in [5, 5.41) is 5.09. The first-order valence-corrected chi connectivity index (χ1v) is 9.67. The van der Waals surface area contributed by atoms with Crippen LogP contribution in [0.2, 0.25) is 0 Å². The van der Waals surface area contributed by atoms with Gasteiger partial charge >= 0.3 is 6.03 Å². The minimum atomic E-state index is -0.722. The molecule has 32 heavy (non-hydrogen) atoms. The topological polar surface area (TPSA) is 92.7 Å². The first kappa shape index (κ1) is 20.9. The average Bonchev–Trinajstić information content (AvgIpc) is 3.34. The molecule has 1 saturated heterocycles. The number of para-hydroxylation sites is 3. The fourth-order valence-electron chi connectivity index (χ4n) is 3.32. The van der Waals surface area contributed by atoms with Crippen molar-refractivity contribution in [1.82, 2.24) is 14.8 Å². The third kappa shape index (κ3) is 4.08. The molecule has 3 aromatic rings. The molecule has 0 spiro atoms. The van der Waals surface area contributed by atoms with E-state index in [2.05, 4.69) is 10.6 Å². The van der Waals surface area contributed by atoms with Gasteiger partial charge in [0.15, 0.2) is 0 Å². The number of rotatable bonds is 6. The van der Waals surface area contributed by atoms with Gasteiger partial charge in [0.25, 0.3) is 5.91 Å². The SMILES string of the molecule is COc1ccccc1NC(=O)CN1C(=O)N/C(=C\c2cccn2-c2ccccc2F)C1=O. The molecule has 2 aromatic carbocycles. The smallest absolute Gasteiger partial charge is 0.329 e. The van der Waals surface area contributed by atoms with Crippen molar-refractivity contribution in [1.29, 1.82) is 0 Å². The van der Waals surface area contributed by atoms with E-state index in [4.69, 9.17) is 4.74 Å². The average molecular weight is 434 g/mol. The van der Waals surface area contributed by atoms with Crippen LogP contribution in [-0.2, 0) is 9.59 Å². The lowest BCUT2D eigenvalue weighted by Gasteiger charge is -2.13. The molecule has 1 aliphatic heterocycles. The van der Waals surface area contributed by atoms with Crippen LogP contribution in [0, 0.1) is 5.82 Å². The van der Waals surface area contributed by atoms with Crippen LogP contribution in [0.4, 0.5) is 14.9 Å². The van der Waals surface area contributed by atoms with Crippen LogP contribution in [0.25, 0.3) is 11.8 Å². The Hall–Kier alpha value is -4.40.